The number of hydrogen-bond acceptors (Lipinski definition) is 4. The molecule has 1 aliphatic rings. The van der Waals surface area contributed by atoms with Gasteiger partial charge in [0.1, 0.15) is 5.01 Å². The van der Waals surface area contributed by atoms with Crippen LogP contribution in [0.2, 0.25) is 0 Å². The maximum Gasteiger partial charge on any atom is 0.118 e. The van der Waals surface area contributed by atoms with Gasteiger partial charge in [-0.15, -0.1) is 11.3 Å². The van der Waals surface area contributed by atoms with Crippen molar-refractivity contribution in [1.82, 2.24) is 19.9 Å². The summed E-state index contributed by atoms with van der Waals surface area (Å²) in [5, 5.41) is 6.68. The highest BCUT2D eigenvalue weighted by Gasteiger charge is 2.28. The normalized spacial score (nSPS) is 16.1. The van der Waals surface area contributed by atoms with Crippen molar-refractivity contribution in [3.8, 4) is 0 Å². The molecule has 0 radical (unpaired) electrons. The highest BCUT2D eigenvalue weighted by atomic mass is 32.1. The number of hydrogen-bond donors (Lipinski definition) is 1. The summed E-state index contributed by atoms with van der Waals surface area (Å²) in [4.78, 5) is 8.74. The number of imidazole rings is 1. The quantitative estimate of drug-likeness (QED) is 0.899. The van der Waals surface area contributed by atoms with Gasteiger partial charge < -0.3 is 9.88 Å². The zero-order chi connectivity index (χ0) is 12.6. The van der Waals surface area contributed by atoms with Crippen molar-refractivity contribution in [2.75, 3.05) is 0 Å². The van der Waals surface area contributed by atoms with E-state index >= 15 is 0 Å². The number of rotatable bonds is 5. The van der Waals surface area contributed by atoms with E-state index in [1.54, 1.807) is 11.3 Å². The second-order valence-corrected chi connectivity index (χ2v) is 6.20. The minimum absolute atomic E-state index is 0.134. The molecule has 2 aromatic heterocycles. The van der Waals surface area contributed by atoms with Crippen LogP contribution >= 0.6 is 11.3 Å². The predicted octanol–water partition coefficient (Wildman–Crippen LogP) is 2.38. The molecule has 0 saturated heterocycles. The monoisotopic (exact) mass is 262 g/mol. The summed E-state index contributed by atoms with van der Waals surface area (Å²) in [6.07, 6.45) is 8.34. The van der Waals surface area contributed by atoms with Crippen LogP contribution < -0.4 is 5.32 Å². The minimum atomic E-state index is -0.134. The predicted molar refractivity (Wildman–Crippen MR) is 72.6 cm³/mol. The fourth-order valence-corrected chi connectivity index (χ4v) is 2.88. The molecule has 0 spiro atoms. The molecule has 3 rings (SSSR count). The summed E-state index contributed by atoms with van der Waals surface area (Å²) in [5.41, 5.74) is 1.09. The summed E-state index contributed by atoms with van der Waals surface area (Å²) < 4.78 is 2.22. The molecule has 0 amide bonds. The lowest BCUT2D eigenvalue weighted by atomic mass is 10.1. The Balaban J connectivity index is 1.84. The van der Waals surface area contributed by atoms with Crippen molar-refractivity contribution < 1.29 is 0 Å². The molecule has 2 heterocycles. The molecule has 1 saturated carbocycles. The Morgan fingerprint density at radius 2 is 2.33 bits per heavy atom. The molecule has 18 heavy (non-hydrogen) atoms. The lowest BCUT2D eigenvalue weighted by molar-refractivity contribution is 0.413. The average molecular weight is 262 g/mol. The van der Waals surface area contributed by atoms with Gasteiger partial charge in [-0.3, -0.25) is 0 Å². The zero-order valence-corrected chi connectivity index (χ0v) is 11.6. The Labute approximate surface area is 111 Å². The molecule has 1 N–H and O–H groups in total. The van der Waals surface area contributed by atoms with E-state index in [9.17, 15) is 0 Å². The molecule has 0 unspecified atom stereocenters. The SMILES string of the molecule is CC(C)(c1nccs1)n1cncc1CNC1CC1. The van der Waals surface area contributed by atoms with Crippen LogP contribution in [-0.4, -0.2) is 20.6 Å². The Morgan fingerprint density at radius 3 is 3.00 bits per heavy atom. The van der Waals surface area contributed by atoms with Gasteiger partial charge in [0.05, 0.1) is 17.6 Å². The molecule has 5 heteroatoms. The first-order valence-corrected chi connectivity index (χ1v) is 7.21. The summed E-state index contributed by atoms with van der Waals surface area (Å²) >= 11 is 1.69. The third-order valence-corrected chi connectivity index (χ3v) is 4.51. The fraction of sp³-hybridized carbons (Fsp3) is 0.538. The summed E-state index contributed by atoms with van der Waals surface area (Å²) in [6.45, 7) is 5.27. The van der Waals surface area contributed by atoms with E-state index in [1.807, 2.05) is 24.1 Å². The third-order valence-electron chi connectivity index (χ3n) is 3.42. The molecule has 0 bridgehead atoms. The van der Waals surface area contributed by atoms with E-state index in [0.29, 0.717) is 0 Å². The fourth-order valence-electron chi connectivity index (χ4n) is 2.12. The van der Waals surface area contributed by atoms with Gasteiger partial charge >= 0.3 is 0 Å². The van der Waals surface area contributed by atoms with Crippen molar-refractivity contribution in [1.29, 1.82) is 0 Å². The van der Waals surface area contributed by atoms with Gasteiger partial charge in [-0.25, -0.2) is 9.97 Å². The number of thiazole rings is 1. The van der Waals surface area contributed by atoms with E-state index in [1.165, 1.54) is 18.5 Å². The van der Waals surface area contributed by atoms with Crippen molar-refractivity contribution in [3.63, 3.8) is 0 Å². The van der Waals surface area contributed by atoms with Crippen LogP contribution in [0, 0.1) is 0 Å². The first-order chi connectivity index (χ1) is 8.68. The number of nitrogens with one attached hydrogen (secondary N) is 1. The van der Waals surface area contributed by atoms with Gasteiger partial charge in [-0.1, -0.05) is 0 Å². The van der Waals surface area contributed by atoms with Gasteiger partial charge in [0.25, 0.3) is 0 Å². The maximum atomic E-state index is 4.44. The summed E-state index contributed by atoms with van der Waals surface area (Å²) in [6, 6.07) is 0.719. The average Bonchev–Trinajstić information content (AvgIpc) is 2.87. The van der Waals surface area contributed by atoms with E-state index in [-0.39, 0.29) is 5.54 Å². The van der Waals surface area contributed by atoms with Crippen LogP contribution in [0.4, 0.5) is 0 Å². The highest BCUT2D eigenvalue weighted by Crippen LogP contribution is 2.28. The van der Waals surface area contributed by atoms with Gasteiger partial charge in [-0.05, 0) is 26.7 Å². The van der Waals surface area contributed by atoms with Crippen LogP contribution in [0.3, 0.4) is 0 Å². The van der Waals surface area contributed by atoms with E-state index in [0.717, 1.165) is 17.6 Å². The largest absolute Gasteiger partial charge is 0.321 e. The van der Waals surface area contributed by atoms with Crippen LogP contribution in [0.1, 0.15) is 37.4 Å². The third kappa shape index (κ3) is 2.20. The van der Waals surface area contributed by atoms with Gasteiger partial charge in [0, 0.05) is 30.4 Å². The molecule has 2 aromatic rings. The Kier molecular flexibility index (Phi) is 2.95. The molecule has 0 atom stereocenters. The standard InChI is InChI=1S/C13H18N4S/c1-13(2,12-15-5-6-18-12)17-9-14-7-11(17)8-16-10-3-4-10/h5-7,9-10,16H,3-4,8H2,1-2H3. The van der Waals surface area contributed by atoms with Crippen molar-refractivity contribution in [2.24, 2.45) is 0 Å². The maximum absolute atomic E-state index is 4.44. The molecular weight excluding hydrogens is 244 g/mol. The lowest BCUT2D eigenvalue weighted by Gasteiger charge is -2.26. The second-order valence-electron chi connectivity index (χ2n) is 5.31. The first-order valence-electron chi connectivity index (χ1n) is 6.33. The van der Waals surface area contributed by atoms with Crippen molar-refractivity contribution in [3.05, 3.63) is 34.8 Å². The molecule has 1 fully saturated rings. The molecule has 0 aromatic carbocycles. The highest BCUT2D eigenvalue weighted by molar-refractivity contribution is 7.09. The topological polar surface area (TPSA) is 42.7 Å². The molecule has 4 nitrogen and oxygen atoms in total. The summed E-state index contributed by atoms with van der Waals surface area (Å²) in [7, 11) is 0. The molecule has 1 aliphatic carbocycles. The Morgan fingerprint density at radius 1 is 1.50 bits per heavy atom. The lowest BCUT2D eigenvalue weighted by Crippen LogP contribution is -2.30. The van der Waals surface area contributed by atoms with Crippen LogP contribution in [0.25, 0.3) is 0 Å². The summed E-state index contributed by atoms with van der Waals surface area (Å²) in [5.74, 6) is 0. The Bertz CT molecular complexity index is 511. The number of nitrogens with zero attached hydrogens (tertiary/aromatic N) is 3. The zero-order valence-electron chi connectivity index (χ0n) is 10.8. The smallest absolute Gasteiger partial charge is 0.118 e. The van der Waals surface area contributed by atoms with E-state index in [4.69, 9.17) is 0 Å². The van der Waals surface area contributed by atoms with Crippen LogP contribution in [0.15, 0.2) is 24.1 Å². The molecule has 0 aliphatic heterocycles. The first kappa shape index (κ1) is 11.9. The minimum Gasteiger partial charge on any atom is -0.321 e. The number of aromatic nitrogens is 3. The van der Waals surface area contributed by atoms with Crippen LogP contribution in [-0.2, 0) is 12.1 Å². The van der Waals surface area contributed by atoms with Crippen molar-refractivity contribution >= 4 is 11.3 Å². The van der Waals surface area contributed by atoms with Gasteiger partial charge in [-0.2, -0.15) is 0 Å². The van der Waals surface area contributed by atoms with Crippen LogP contribution in [0.5, 0.6) is 0 Å². The Hall–Kier alpha value is -1.20. The van der Waals surface area contributed by atoms with Gasteiger partial charge in [0.2, 0.25) is 0 Å². The van der Waals surface area contributed by atoms with E-state index < -0.39 is 0 Å². The van der Waals surface area contributed by atoms with E-state index in [2.05, 4.69) is 33.7 Å². The molecular formula is C13H18N4S. The molecule has 96 valence electrons. The van der Waals surface area contributed by atoms with Crippen molar-refractivity contribution in [2.45, 2.75) is 44.8 Å². The van der Waals surface area contributed by atoms with Gasteiger partial charge in [0.15, 0.2) is 0 Å². The second kappa shape index (κ2) is 4.48.